The summed E-state index contributed by atoms with van der Waals surface area (Å²) in [6.07, 6.45) is 6.61. The number of amides is 2. The molecule has 1 atom stereocenters. The number of pyridine rings is 1. The molecule has 2 N–H and O–H groups in total. The van der Waals surface area contributed by atoms with E-state index in [0.717, 1.165) is 17.2 Å². The number of aromatic nitrogens is 3. The zero-order valence-electron chi connectivity index (χ0n) is 14.1. The number of nitrogens with zero attached hydrogens (tertiary/aromatic N) is 4. The molecule has 1 unspecified atom stereocenters. The van der Waals surface area contributed by atoms with E-state index in [0.29, 0.717) is 25.9 Å². The molecular formula is C17H21N5O3. The van der Waals surface area contributed by atoms with E-state index in [1.807, 2.05) is 29.8 Å². The quantitative estimate of drug-likeness (QED) is 0.878. The number of aliphatic carboxylic acids is 1. The smallest absolute Gasteiger partial charge is 0.317 e. The second kappa shape index (κ2) is 7.33. The van der Waals surface area contributed by atoms with Crippen molar-refractivity contribution in [2.75, 3.05) is 13.1 Å². The highest BCUT2D eigenvalue weighted by atomic mass is 16.4. The van der Waals surface area contributed by atoms with Gasteiger partial charge in [0.05, 0.1) is 5.92 Å². The van der Waals surface area contributed by atoms with E-state index in [1.54, 1.807) is 17.3 Å². The second-order valence-electron chi connectivity index (χ2n) is 6.15. The Bertz CT molecular complexity index is 756. The van der Waals surface area contributed by atoms with Gasteiger partial charge in [-0.25, -0.2) is 14.8 Å². The largest absolute Gasteiger partial charge is 0.481 e. The average Bonchev–Trinajstić information content (AvgIpc) is 3.06. The van der Waals surface area contributed by atoms with E-state index in [9.17, 15) is 9.59 Å². The first-order chi connectivity index (χ1) is 12.0. The van der Waals surface area contributed by atoms with Crippen LogP contribution in [0.15, 0.2) is 30.7 Å². The van der Waals surface area contributed by atoms with E-state index in [4.69, 9.17) is 5.11 Å². The predicted molar refractivity (Wildman–Crippen MR) is 90.3 cm³/mol. The van der Waals surface area contributed by atoms with Crippen molar-refractivity contribution in [1.82, 2.24) is 24.8 Å². The maximum Gasteiger partial charge on any atom is 0.317 e. The number of piperidine rings is 1. The van der Waals surface area contributed by atoms with Gasteiger partial charge < -0.3 is 15.3 Å². The molecule has 25 heavy (non-hydrogen) atoms. The fraction of sp³-hybridized carbons (Fsp3) is 0.412. The predicted octanol–water partition coefficient (Wildman–Crippen LogP) is 1.58. The van der Waals surface area contributed by atoms with Crippen LogP contribution in [0, 0.1) is 12.8 Å². The molecule has 1 fully saturated rings. The SMILES string of the molecule is Cc1nccn1-c1ccc(CNC(=O)N2CCCC(C(=O)O)C2)cn1. The molecular weight excluding hydrogens is 322 g/mol. The molecule has 0 spiro atoms. The normalized spacial score (nSPS) is 17.3. The molecule has 8 heteroatoms. The Morgan fingerprint density at radius 2 is 2.20 bits per heavy atom. The standard InChI is InChI=1S/C17H21N5O3/c1-12-18-6-8-22(12)15-5-4-13(9-19-15)10-20-17(25)21-7-2-3-14(11-21)16(23)24/h4-6,8-9,14H,2-3,7,10-11H2,1H3,(H,20,25)(H,23,24). The number of imidazole rings is 1. The van der Waals surface area contributed by atoms with E-state index in [-0.39, 0.29) is 12.6 Å². The lowest BCUT2D eigenvalue weighted by atomic mass is 9.99. The summed E-state index contributed by atoms with van der Waals surface area (Å²) in [6, 6.07) is 3.54. The third kappa shape index (κ3) is 3.96. The molecule has 1 aliphatic rings. The van der Waals surface area contributed by atoms with Gasteiger partial charge in [-0.15, -0.1) is 0 Å². The highest BCUT2D eigenvalue weighted by molar-refractivity contribution is 5.76. The minimum absolute atomic E-state index is 0.236. The number of carbonyl (C=O) groups excluding carboxylic acids is 1. The van der Waals surface area contributed by atoms with Crippen LogP contribution in [0.4, 0.5) is 4.79 Å². The van der Waals surface area contributed by atoms with E-state index >= 15 is 0 Å². The van der Waals surface area contributed by atoms with Crippen LogP contribution >= 0.6 is 0 Å². The maximum atomic E-state index is 12.2. The first-order valence-electron chi connectivity index (χ1n) is 8.25. The van der Waals surface area contributed by atoms with Crippen LogP contribution in [0.3, 0.4) is 0 Å². The van der Waals surface area contributed by atoms with Crippen molar-refractivity contribution in [3.8, 4) is 5.82 Å². The van der Waals surface area contributed by atoms with Crippen molar-refractivity contribution in [3.63, 3.8) is 0 Å². The van der Waals surface area contributed by atoms with Crippen molar-refractivity contribution < 1.29 is 14.7 Å². The highest BCUT2D eigenvalue weighted by Gasteiger charge is 2.27. The third-order valence-electron chi connectivity index (χ3n) is 4.38. The number of carboxylic acid groups (broad SMARTS) is 1. The molecule has 1 saturated heterocycles. The van der Waals surface area contributed by atoms with Gasteiger partial charge in [0, 0.05) is 38.2 Å². The van der Waals surface area contributed by atoms with Crippen LogP contribution in [0.5, 0.6) is 0 Å². The summed E-state index contributed by atoms with van der Waals surface area (Å²) in [6.45, 7) is 3.10. The number of carbonyl (C=O) groups is 2. The zero-order valence-corrected chi connectivity index (χ0v) is 14.1. The van der Waals surface area contributed by atoms with Crippen LogP contribution in [0.25, 0.3) is 5.82 Å². The molecule has 0 aliphatic carbocycles. The Hall–Kier alpha value is -2.90. The molecule has 3 rings (SSSR count). The molecule has 3 heterocycles. The number of hydrogen-bond donors (Lipinski definition) is 2. The molecule has 2 aromatic heterocycles. The summed E-state index contributed by atoms with van der Waals surface area (Å²) < 4.78 is 1.88. The zero-order chi connectivity index (χ0) is 17.8. The molecule has 0 aromatic carbocycles. The second-order valence-corrected chi connectivity index (χ2v) is 6.15. The number of rotatable bonds is 4. The fourth-order valence-corrected chi connectivity index (χ4v) is 2.94. The minimum Gasteiger partial charge on any atom is -0.481 e. The Labute approximate surface area is 145 Å². The minimum atomic E-state index is -0.841. The van der Waals surface area contributed by atoms with Crippen molar-refractivity contribution in [3.05, 3.63) is 42.1 Å². The summed E-state index contributed by atoms with van der Waals surface area (Å²) in [5.41, 5.74) is 0.877. The van der Waals surface area contributed by atoms with Gasteiger partial charge in [0.15, 0.2) is 0 Å². The molecule has 0 radical (unpaired) electrons. The van der Waals surface area contributed by atoms with Crippen molar-refractivity contribution in [1.29, 1.82) is 0 Å². The average molecular weight is 343 g/mol. The molecule has 8 nitrogen and oxygen atoms in total. The summed E-state index contributed by atoms with van der Waals surface area (Å²) in [5.74, 6) is 0.308. The van der Waals surface area contributed by atoms with Gasteiger partial charge in [0.1, 0.15) is 11.6 Å². The summed E-state index contributed by atoms with van der Waals surface area (Å²) >= 11 is 0. The lowest BCUT2D eigenvalue weighted by molar-refractivity contribution is -0.143. The Morgan fingerprint density at radius 3 is 2.84 bits per heavy atom. The Kier molecular flexibility index (Phi) is 4.97. The van der Waals surface area contributed by atoms with Gasteiger partial charge in [0.25, 0.3) is 0 Å². The number of aryl methyl sites for hydroxylation is 1. The van der Waals surface area contributed by atoms with Gasteiger partial charge in [-0.2, -0.15) is 0 Å². The van der Waals surface area contributed by atoms with Crippen LogP contribution < -0.4 is 5.32 Å². The molecule has 132 valence electrons. The molecule has 2 amide bonds. The molecule has 2 aromatic rings. The highest BCUT2D eigenvalue weighted by Crippen LogP contribution is 2.16. The summed E-state index contributed by atoms with van der Waals surface area (Å²) in [4.78, 5) is 33.4. The summed E-state index contributed by atoms with van der Waals surface area (Å²) in [5, 5.41) is 11.9. The number of urea groups is 1. The molecule has 0 saturated carbocycles. The van der Waals surface area contributed by atoms with Gasteiger partial charge in [0.2, 0.25) is 0 Å². The van der Waals surface area contributed by atoms with E-state index in [2.05, 4.69) is 15.3 Å². The first kappa shape index (κ1) is 16.9. The lowest BCUT2D eigenvalue weighted by Gasteiger charge is -2.30. The van der Waals surface area contributed by atoms with Crippen molar-refractivity contribution in [2.24, 2.45) is 5.92 Å². The van der Waals surface area contributed by atoms with Crippen molar-refractivity contribution in [2.45, 2.75) is 26.3 Å². The van der Waals surface area contributed by atoms with Gasteiger partial charge in [-0.05, 0) is 31.4 Å². The van der Waals surface area contributed by atoms with Crippen LogP contribution in [-0.2, 0) is 11.3 Å². The number of nitrogens with one attached hydrogen (secondary N) is 1. The molecule has 1 aliphatic heterocycles. The third-order valence-corrected chi connectivity index (χ3v) is 4.38. The number of hydrogen-bond acceptors (Lipinski definition) is 4. The first-order valence-corrected chi connectivity index (χ1v) is 8.25. The van der Waals surface area contributed by atoms with Crippen LogP contribution in [0.2, 0.25) is 0 Å². The monoisotopic (exact) mass is 343 g/mol. The Morgan fingerprint density at radius 1 is 1.36 bits per heavy atom. The number of carboxylic acids is 1. The van der Waals surface area contributed by atoms with Gasteiger partial charge >= 0.3 is 12.0 Å². The van der Waals surface area contributed by atoms with Gasteiger partial charge in [-0.1, -0.05) is 6.07 Å². The van der Waals surface area contributed by atoms with Gasteiger partial charge in [-0.3, -0.25) is 9.36 Å². The molecule has 0 bridgehead atoms. The fourth-order valence-electron chi connectivity index (χ4n) is 2.94. The topological polar surface area (TPSA) is 100 Å². The van der Waals surface area contributed by atoms with E-state index < -0.39 is 11.9 Å². The number of likely N-dealkylation sites (tertiary alicyclic amines) is 1. The maximum absolute atomic E-state index is 12.2. The Balaban J connectivity index is 1.55. The van der Waals surface area contributed by atoms with E-state index in [1.165, 1.54) is 0 Å². The van der Waals surface area contributed by atoms with Crippen LogP contribution in [-0.4, -0.2) is 49.6 Å². The lowest BCUT2D eigenvalue weighted by Crippen LogP contribution is -2.46. The van der Waals surface area contributed by atoms with Crippen LogP contribution in [0.1, 0.15) is 24.2 Å². The van der Waals surface area contributed by atoms with Crippen molar-refractivity contribution >= 4 is 12.0 Å². The summed E-state index contributed by atoms with van der Waals surface area (Å²) in [7, 11) is 0.